The lowest BCUT2D eigenvalue weighted by Crippen LogP contribution is -2.55. The van der Waals surface area contributed by atoms with Gasteiger partial charge in [-0.3, -0.25) is 14.5 Å². The van der Waals surface area contributed by atoms with Gasteiger partial charge in [-0.25, -0.2) is 4.39 Å². The van der Waals surface area contributed by atoms with E-state index in [0.717, 1.165) is 5.56 Å². The summed E-state index contributed by atoms with van der Waals surface area (Å²) < 4.78 is 23.9. The Morgan fingerprint density at radius 2 is 1.81 bits per heavy atom. The molecule has 6 nitrogen and oxygen atoms in total. The molecule has 1 unspecified atom stereocenters. The molecule has 1 aliphatic rings. The zero-order valence-electron chi connectivity index (χ0n) is 17.4. The van der Waals surface area contributed by atoms with Gasteiger partial charge in [0.15, 0.2) is 6.61 Å². The Bertz CT molecular complexity index is 876. The Hall–Kier alpha value is -2.64. The molecule has 0 radical (unpaired) electrons. The van der Waals surface area contributed by atoms with Crippen LogP contribution in [0.15, 0.2) is 48.5 Å². The van der Waals surface area contributed by atoms with Crippen molar-refractivity contribution in [3.63, 3.8) is 0 Å². The van der Waals surface area contributed by atoms with Crippen molar-refractivity contribution >= 4 is 23.5 Å². The smallest absolute Gasteiger partial charge is 0.307 e. The summed E-state index contributed by atoms with van der Waals surface area (Å²) in [7, 11) is 0. The SMILES string of the molecule is CCOC(=O)CC1CN(C(=O)COc2ccc(Cl)cc2)CCN1Cc1ccc(F)cc1. The second-order valence-corrected chi connectivity index (χ2v) is 7.78. The summed E-state index contributed by atoms with van der Waals surface area (Å²) in [5.41, 5.74) is 0.945. The summed E-state index contributed by atoms with van der Waals surface area (Å²) in [6.45, 7) is 4.04. The Labute approximate surface area is 186 Å². The van der Waals surface area contributed by atoms with Crippen LogP contribution in [0.3, 0.4) is 0 Å². The fourth-order valence-electron chi connectivity index (χ4n) is 3.53. The lowest BCUT2D eigenvalue weighted by atomic mass is 10.1. The number of carbonyl (C=O) groups excluding carboxylic acids is 2. The highest BCUT2D eigenvalue weighted by Gasteiger charge is 2.31. The number of nitrogens with zero attached hydrogens (tertiary/aromatic N) is 2. The summed E-state index contributed by atoms with van der Waals surface area (Å²) in [6.07, 6.45) is 0.177. The van der Waals surface area contributed by atoms with Crippen LogP contribution in [-0.2, 0) is 20.9 Å². The lowest BCUT2D eigenvalue weighted by molar-refractivity contribution is -0.147. The number of piperazine rings is 1. The quantitative estimate of drug-likeness (QED) is 0.578. The molecule has 31 heavy (non-hydrogen) atoms. The molecule has 8 heteroatoms. The third kappa shape index (κ3) is 6.94. The molecular weight excluding hydrogens is 423 g/mol. The number of carbonyl (C=O) groups is 2. The van der Waals surface area contributed by atoms with E-state index in [9.17, 15) is 14.0 Å². The topological polar surface area (TPSA) is 59.1 Å². The molecule has 1 heterocycles. The Morgan fingerprint density at radius 3 is 2.48 bits per heavy atom. The van der Waals surface area contributed by atoms with Gasteiger partial charge in [0.2, 0.25) is 0 Å². The number of esters is 1. The second kappa shape index (κ2) is 11.1. The van der Waals surface area contributed by atoms with Crippen LogP contribution in [0, 0.1) is 5.82 Å². The van der Waals surface area contributed by atoms with Crippen molar-refractivity contribution in [2.24, 2.45) is 0 Å². The molecule has 1 aliphatic heterocycles. The minimum absolute atomic E-state index is 0.0915. The van der Waals surface area contributed by atoms with Crippen molar-refractivity contribution in [3.8, 4) is 5.75 Å². The van der Waals surface area contributed by atoms with Gasteiger partial charge in [0, 0.05) is 37.2 Å². The maximum atomic E-state index is 13.2. The second-order valence-electron chi connectivity index (χ2n) is 7.34. The molecule has 0 saturated carbocycles. The lowest BCUT2D eigenvalue weighted by Gasteiger charge is -2.41. The molecule has 2 aromatic rings. The van der Waals surface area contributed by atoms with E-state index in [1.807, 2.05) is 0 Å². The predicted octanol–water partition coefficient (Wildman–Crippen LogP) is 3.52. The van der Waals surface area contributed by atoms with Gasteiger partial charge in [0.05, 0.1) is 13.0 Å². The molecule has 1 amide bonds. The molecule has 2 aromatic carbocycles. The monoisotopic (exact) mass is 448 g/mol. The first-order valence-electron chi connectivity index (χ1n) is 10.2. The summed E-state index contributed by atoms with van der Waals surface area (Å²) in [5, 5.41) is 0.595. The Morgan fingerprint density at radius 1 is 1.10 bits per heavy atom. The summed E-state index contributed by atoms with van der Waals surface area (Å²) in [6, 6.07) is 12.9. The molecule has 0 spiro atoms. The van der Waals surface area contributed by atoms with Gasteiger partial charge in [0.25, 0.3) is 5.91 Å². The van der Waals surface area contributed by atoms with Gasteiger partial charge in [-0.1, -0.05) is 23.7 Å². The van der Waals surface area contributed by atoms with Crippen LogP contribution in [0.2, 0.25) is 5.02 Å². The van der Waals surface area contributed by atoms with Crippen LogP contribution < -0.4 is 4.74 Å². The number of ether oxygens (including phenoxy) is 2. The maximum Gasteiger partial charge on any atom is 0.307 e. The zero-order chi connectivity index (χ0) is 22.2. The zero-order valence-corrected chi connectivity index (χ0v) is 18.2. The fraction of sp³-hybridized carbons (Fsp3) is 0.391. The van der Waals surface area contributed by atoms with Crippen molar-refractivity contribution in [3.05, 3.63) is 64.9 Å². The van der Waals surface area contributed by atoms with Crippen LogP contribution in [0.1, 0.15) is 18.9 Å². The van der Waals surface area contributed by atoms with Crippen molar-refractivity contribution in [2.75, 3.05) is 32.8 Å². The fourth-order valence-corrected chi connectivity index (χ4v) is 3.65. The normalized spacial score (nSPS) is 16.7. The molecule has 1 atom stereocenters. The molecule has 0 N–H and O–H groups in total. The molecule has 166 valence electrons. The molecule has 0 aliphatic carbocycles. The van der Waals surface area contributed by atoms with Crippen LogP contribution in [-0.4, -0.2) is 60.6 Å². The Balaban J connectivity index is 1.61. The van der Waals surface area contributed by atoms with Crippen LogP contribution in [0.25, 0.3) is 0 Å². The number of halogens is 2. The van der Waals surface area contributed by atoms with Crippen LogP contribution in [0.5, 0.6) is 5.75 Å². The maximum absolute atomic E-state index is 13.2. The summed E-state index contributed by atoms with van der Waals surface area (Å²) in [4.78, 5) is 28.7. The van der Waals surface area contributed by atoms with Gasteiger partial charge < -0.3 is 14.4 Å². The van der Waals surface area contributed by atoms with Crippen LogP contribution >= 0.6 is 11.6 Å². The van der Waals surface area contributed by atoms with Crippen LogP contribution in [0.4, 0.5) is 4.39 Å². The molecule has 1 saturated heterocycles. The molecule has 0 aromatic heterocycles. The van der Waals surface area contributed by atoms with E-state index in [1.165, 1.54) is 12.1 Å². The first kappa shape index (κ1) is 23.0. The van der Waals surface area contributed by atoms with Gasteiger partial charge in [0.1, 0.15) is 11.6 Å². The van der Waals surface area contributed by atoms with Crippen molar-refractivity contribution in [1.82, 2.24) is 9.80 Å². The molecule has 1 fully saturated rings. The van der Waals surface area contributed by atoms with Gasteiger partial charge >= 0.3 is 5.97 Å². The van der Waals surface area contributed by atoms with Crippen molar-refractivity contribution in [2.45, 2.75) is 25.9 Å². The first-order chi connectivity index (χ1) is 14.9. The average molecular weight is 449 g/mol. The molecule has 3 rings (SSSR count). The van der Waals surface area contributed by atoms with Gasteiger partial charge in [-0.15, -0.1) is 0 Å². The van der Waals surface area contributed by atoms with E-state index < -0.39 is 0 Å². The van der Waals surface area contributed by atoms with E-state index >= 15 is 0 Å². The number of benzene rings is 2. The van der Waals surface area contributed by atoms with E-state index in [2.05, 4.69) is 4.90 Å². The van der Waals surface area contributed by atoms with E-state index in [0.29, 0.717) is 43.6 Å². The van der Waals surface area contributed by atoms with Crippen molar-refractivity contribution < 1.29 is 23.5 Å². The number of rotatable bonds is 8. The highest BCUT2D eigenvalue weighted by atomic mass is 35.5. The number of amides is 1. The first-order valence-corrected chi connectivity index (χ1v) is 10.6. The minimum Gasteiger partial charge on any atom is -0.484 e. The third-order valence-electron chi connectivity index (χ3n) is 5.14. The van der Waals surface area contributed by atoms with E-state index in [-0.39, 0.29) is 36.8 Å². The van der Waals surface area contributed by atoms with Gasteiger partial charge in [-0.05, 0) is 48.9 Å². The largest absolute Gasteiger partial charge is 0.484 e. The molecular formula is C23H26ClFN2O4. The highest BCUT2D eigenvalue weighted by Crippen LogP contribution is 2.19. The average Bonchev–Trinajstić information content (AvgIpc) is 2.76. The Kier molecular flexibility index (Phi) is 8.26. The van der Waals surface area contributed by atoms with E-state index in [4.69, 9.17) is 21.1 Å². The molecule has 0 bridgehead atoms. The third-order valence-corrected chi connectivity index (χ3v) is 5.39. The predicted molar refractivity (Wildman–Crippen MR) is 115 cm³/mol. The summed E-state index contributed by atoms with van der Waals surface area (Å²) in [5.74, 6) is -0.174. The van der Waals surface area contributed by atoms with E-state index in [1.54, 1.807) is 48.2 Å². The van der Waals surface area contributed by atoms with Gasteiger partial charge in [-0.2, -0.15) is 0 Å². The standard InChI is InChI=1S/C23H26ClFN2O4/c1-2-30-23(29)13-20-15-27(22(28)16-31-21-9-5-18(24)6-10-21)12-11-26(20)14-17-3-7-19(25)8-4-17/h3-10,20H,2,11-16H2,1H3. The highest BCUT2D eigenvalue weighted by molar-refractivity contribution is 6.30. The minimum atomic E-state index is -0.302. The summed E-state index contributed by atoms with van der Waals surface area (Å²) >= 11 is 5.86. The van der Waals surface area contributed by atoms with Crippen molar-refractivity contribution in [1.29, 1.82) is 0 Å². The number of hydrogen-bond acceptors (Lipinski definition) is 5. The number of hydrogen-bond donors (Lipinski definition) is 0.